The van der Waals surface area contributed by atoms with Crippen molar-refractivity contribution in [3.05, 3.63) is 10.1 Å². The second kappa shape index (κ2) is 7.37. The molecule has 0 aromatic heterocycles. The summed E-state index contributed by atoms with van der Waals surface area (Å²) in [6.07, 6.45) is -0.452. The standard InChI is InChI=1S/C8H16NO7P/c1-3-15-17(14,16-4-2)7(8(10)11)5-6-9(12)13/h7H,3-6H2,1-2H3,(H,10,11)/p-1. The van der Waals surface area contributed by atoms with E-state index < -0.39 is 37.1 Å². The number of rotatable bonds is 9. The molecule has 0 rings (SSSR count). The zero-order chi connectivity index (χ0) is 13.5. The van der Waals surface area contributed by atoms with E-state index in [2.05, 4.69) is 0 Å². The van der Waals surface area contributed by atoms with E-state index in [0.717, 1.165) is 0 Å². The Kier molecular flexibility index (Phi) is 6.94. The van der Waals surface area contributed by atoms with Crippen molar-refractivity contribution in [2.45, 2.75) is 25.9 Å². The molecule has 0 aliphatic heterocycles. The van der Waals surface area contributed by atoms with Gasteiger partial charge in [0.05, 0.1) is 19.2 Å². The monoisotopic (exact) mass is 268 g/mol. The van der Waals surface area contributed by atoms with E-state index in [1.165, 1.54) is 13.8 Å². The maximum absolute atomic E-state index is 12.1. The van der Waals surface area contributed by atoms with E-state index in [0.29, 0.717) is 0 Å². The largest absolute Gasteiger partial charge is 0.549 e. The summed E-state index contributed by atoms with van der Waals surface area (Å²) in [5, 5.41) is 21.0. The normalized spacial score (nSPS) is 13.3. The van der Waals surface area contributed by atoms with E-state index in [1.54, 1.807) is 0 Å². The maximum atomic E-state index is 12.1. The van der Waals surface area contributed by atoms with Gasteiger partial charge in [-0.05, 0) is 13.8 Å². The van der Waals surface area contributed by atoms with E-state index in [9.17, 15) is 24.6 Å². The highest BCUT2D eigenvalue weighted by Gasteiger charge is 2.37. The fourth-order valence-corrected chi connectivity index (χ4v) is 3.05. The average molecular weight is 268 g/mol. The van der Waals surface area contributed by atoms with Crippen molar-refractivity contribution in [3.63, 3.8) is 0 Å². The Morgan fingerprint density at radius 3 is 2.12 bits per heavy atom. The molecule has 0 heterocycles. The molecule has 0 radical (unpaired) electrons. The van der Waals surface area contributed by atoms with Crippen molar-refractivity contribution in [2.24, 2.45) is 0 Å². The number of hydrogen-bond acceptors (Lipinski definition) is 7. The number of nitrogens with zero attached hydrogens (tertiary/aromatic N) is 1. The molecule has 0 aliphatic rings. The number of carboxylic acids is 1. The Balaban J connectivity index is 4.89. The number of hydrogen-bond donors (Lipinski definition) is 0. The van der Waals surface area contributed by atoms with E-state index in [1.807, 2.05) is 0 Å². The Morgan fingerprint density at radius 2 is 1.82 bits per heavy atom. The minimum absolute atomic E-state index is 0.0144. The summed E-state index contributed by atoms with van der Waals surface area (Å²) in [6.45, 7) is 2.37. The van der Waals surface area contributed by atoms with Crippen LogP contribution >= 0.6 is 7.60 Å². The maximum Gasteiger partial charge on any atom is 0.339 e. The van der Waals surface area contributed by atoms with E-state index >= 15 is 0 Å². The first-order valence-corrected chi connectivity index (χ1v) is 6.70. The lowest BCUT2D eigenvalue weighted by Gasteiger charge is -2.25. The fourth-order valence-electron chi connectivity index (χ4n) is 1.21. The van der Waals surface area contributed by atoms with Gasteiger partial charge >= 0.3 is 7.60 Å². The molecule has 17 heavy (non-hydrogen) atoms. The SMILES string of the molecule is CCOP(=O)(OCC)C(CC[N+](=O)[O-])C(=O)[O-]. The van der Waals surface area contributed by atoms with Crippen LogP contribution in [0.4, 0.5) is 0 Å². The van der Waals surface area contributed by atoms with Crippen molar-refractivity contribution in [1.29, 1.82) is 0 Å². The van der Waals surface area contributed by atoms with Crippen LogP contribution in [0, 0.1) is 10.1 Å². The Hall–Kier alpha value is -0.980. The van der Waals surface area contributed by atoms with Crippen molar-refractivity contribution in [3.8, 4) is 0 Å². The van der Waals surface area contributed by atoms with Crippen LogP contribution in [0.15, 0.2) is 0 Å². The van der Waals surface area contributed by atoms with E-state index in [-0.39, 0.29) is 13.2 Å². The molecule has 0 saturated carbocycles. The second-order valence-corrected chi connectivity index (χ2v) is 5.27. The first kappa shape index (κ1) is 16.0. The molecule has 0 bridgehead atoms. The molecule has 1 atom stereocenters. The van der Waals surface area contributed by atoms with Crippen LogP contribution < -0.4 is 5.11 Å². The Labute approximate surface area is 98.6 Å². The van der Waals surface area contributed by atoms with Crippen LogP contribution in [0.25, 0.3) is 0 Å². The Morgan fingerprint density at radius 1 is 1.35 bits per heavy atom. The second-order valence-electron chi connectivity index (χ2n) is 3.06. The van der Waals surface area contributed by atoms with Gasteiger partial charge in [-0.1, -0.05) is 0 Å². The molecule has 0 aromatic rings. The molecule has 9 heteroatoms. The molecular weight excluding hydrogens is 253 g/mol. The molecular formula is C8H15NO7P-. The smallest absolute Gasteiger partial charge is 0.339 e. The molecule has 0 fully saturated rings. The number of carbonyl (C=O) groups excluding carboxylic acids is 1. The summed E-state index contributed by atoms with van der Waals surface area (Å²) in [4.78, 5) is 20.3. The third-order valence-electron chi connectivity index (χ3n) is 1.86. The van der Waals surface area contributed by atoms with Crippen molar-refractivity contribution >= 4 is 13.6 Å². The summed E-state index contributed by atoms with van der Waals surface area (Å²) in [5.41, 5.74) is -1.62. The van der Waals surface area contributed by atoms with Gasteiger partial charge in [0.1, 0.15) is 5.66 Å². The molecule has 100 valence electrons. The van der Waals surface area contributed by atoms with Gasteiger partial charge in [-0.15, -0.1) is 0 Å². The summed E-state index contributed by atoms with van der Waals surface area (Å²) >= 11 is 0. The van der Waals surface area contributed by atoms with Gasteiger partial charge in [0, 0.05) is 11.3 Å². The zero-order valence-electron chi connectivity index (χ0n) is 9.66. The van der Waals surface area contributed by atoms with Crippen molar-refractivity contribution in [1.82, 2.24) is 0 Å². The van der Waals surface area contributed by atoms with Crippen LogP contribution in [-0.2, 0) is 18.4 Å². The third-order valence-corrected chi connectivity index (χ3v) is 4.33. The average Bonchev–Trinajstić information content (AvgIpc) is 2.17. The summed E-state index contributed by atoms with van der Waals surface area (Å²) in [7, 11) is -3.91. The van der Waals surface area contributed by atoms with Crippen molar-refractivity contribution < 1.29 is 28.4 Å². The van der Waals surface area contributed by atoms with Gasteiger partial charge in [-0.3, -0.25) is 14.7 Å². The third kappa shape index (κ3) is 5.25. The molecule has 0 spiro atoms. The molecule has 1 unspecified atom stereocenters. The summed E-state index contributed by atoms with van der Waals surface area (Å²) in [6, 6.07) is 0. The van der Waals surface area contributed by atoms with Crippen LogP contribution in [0.3, 0.4) is 0 Å². The van der Waals surface area contributed by atoms with Crippen LogP contribution in [0.5, 0.6) is 0 Å². The fraction of sp³-hybridized carbons (Fsp3) is 0.875. The summed E-state index contributed by atoms with van der Waals surface area (Å²) in [5.74, 6) is -1.67. The minimum Gasteiger partial charge on any atom is -0.549 e. The molecule has 0 aromatic carbocycles. The number of nitro groups is 1. The van der Waals surface area contributed by atoms with Gasteiger partial charge in [0.2, 0.25) is 6.54 Å². The molecule has 8 nitrogen and oxygen atoms in total. The predicted molar refractivity (Wildman–Crippen MR) is 56.1 cm³/mol. The molecule has 0 N–H and O–H groups in total. The highest BCUT2D eigenvalue weighted by atomic mass is 31.2. The van der Waals surface area contributed by atoms with Gasteiger partial charge in [-0.2, -0.15) is 0 Å². The van der Waals surface area contributed by atoms with Crippen LogP contribution in [-0.4, -0.2) is 36.3 Å². The van der Waals surface area contributed by atoms with Gasteiger partial charge in [0.25, 0.3) is 0 Å². The lowest BCUT2D eigenvalue weighted by atomic mass is 10.3. The minimum atomic E-state index is -3.91. The van der Waals surface area contributed by atoms with Crippen LogP contribution in [0.2, 0.25) is 0 Å². The molecule has 0 amide bonds. The first-order chi connectivity index (χ1) is 7.87. The van der Waals surface area contributed by atoms with Crippen molar-refractivity contribution in [2.75, 3.05) is 19.8 Å². The van der Waals surface area contributed by atoms with Gasteiger partial charge in [0.15, 0.2) is 0 Å². The summed E-state index contributed by atoms with van der Waals surface area (Å²) < 4.78 is 21.7. The molecule has 0 saturated heterocycles. The van der Waals surface area contributed by atoms with Gasteiger partial charge in [-0.25, -0.2) is 0 Å². The topological polar surface area (TPSA) is 119 Å². The first-order valence-electron chi connectivity index (χ1n) is 5.08. The highest BCUT2D eigenvalue weighted by molar-refractivity contribution is 7.55. The number of carboxylic acid groups (broad SMARTS) is 1. The highest BCUT2D eigenvalue weighted by Crippen LogP contribution is 2.53. The number of aliphatic carboxylic acids is 1. The number of carbonyl (C=O) groups is 1. The Bertz CT molecular complexity index is 309. The van der Waals surface area contributed by atoms with Gasteiger partial charge < -0.3 is 18.9 Å². The lowest BCUT2D eigenvalue weighted by molar-refractivity contribution is -0.480. The quantitative estimate of drug-likeness (QED) is 0.329. The lowest BCUT2D eigenvalue weighted by Crippen LogP contribution is -2.37. The zero-order valence-corrected chi connectivity index (χ0v) is 10.6. The predicted octanol–water partition coefficient (Wildman–Crippen LogP) is 0.0378. The molecule has 0 aliphatic carbocycles. The van der Waals surface area contributed by atoms with Crippen LogP contribution in [0.1, 0.15) is 20.3 Å². The van der Waals surface area contributed by atoms with E-state index in [4.69, 9.17) is 9.05 Å².